The van der Waals surface area contributed by atoms with Crippen LogP contribution in [0.4, 0.5) is 0 Å². The van der Waals surface area contributed by atoms with Gasteiger partial charge in [-0.2, -0.15) is 0 Å². The SMILES string of the molecule is O=C(O)c1nccc2nccnc12. The van der Waals surface area contributed by atoms with Crippen molar-refractivity contribution in [1.29, 1.82) is 0 Å². The van der Waals surface area contributed by atoms with Crippen LogP contribution >= 0.6 is 0 Å². The first kappa shape index (κ1) is 7.60. The van der Waals surface area contributed by atoms with Gasteiger partial charge in [-0.1, -0.05) is 0 Å². The number of carboxylic acid groups (broad SMARTS) is 1. The van der Waals surface area contributed by atoms with Crippen LogP contribution in [0, 0.1) is 0 Å². The van der Waals surface area contributed by atoms with Crippen LogP contribution in [0.5, 0.6) is 0 Å². The van der Waals surface area contributed by atoms with Gasteiger partial charge < -0.3 is 5.11 Å². The molecule has 0 saturated carbocycles. The van der Waals surface area contributed by atoms with Gasteiger partial charge in [-0.3, -0.25) is 9.97 Å². The molecule has 0 aliphatic carbocycles. The molecule has 13 heavy (non-hydrogen) atoms. The minimum absolute atomic E-state index is 0.0643. The third-order valence-corrected chi connectivity index (χ3v) is 1.59. The molecule has 0 radical (unpaired) electrons. The van der Waals surface area contributed by atoms with Gasteiger partial charge in [-0.15, -0.1) is 0 Å². The van der Waals surface area contributed by atoms with Crippen LogP contribution in [0.25, 0.3) is 11.0 Å². The quantitative estimate of drug-likeness (QED) is 0.691. The minimum Gasteiger partial charge on any atom is -0.476 e. The maximum atomic E-state index is 10.7. The molecular weight excluding hydrogens is 170 g/mol. The number of hydrogen-bond donors (Lipinski definition) is 1. The second-order valence-corrected chi connectivity index (χ2v) is 2.39. The number of fused-ring (bicyclic) bond motifs is 1. The number of pyridine rings is 1. The van der Waals surface area contributed by atoms with Crippen molar-refractivity contribution in [3.63, 3.8) is 0 Å². The zero-order chi connectivity index (χ0) is 9.26. The lowest BCUT2D eigenvalue weighted by atomic mass is 10.3. The fourth-order valence-electron chi connectivity index (χ4n) is 1.05. The number of carboxylic acids is 1. The predicted molar refractivity (Wildman–Crippen MR) is 44.3 cm³/mol. The lowest BCUT2D eigenvalue weighted by Gasteiger charge is -1.97. The first-order chi connectivity index (χ1) is 6.29. The van der Waals surface area contributed by atoms with E-state index in [2.05, 4.69) is 15.0 Å². The molecule has 0 saturated heterocycles. The molecule has 0 aliphatic heterocycles. The summed E-state index contributed by atoms with van der Waals surface area (Å²) in [5.74, 6) is -1.09. The summed E-state index contributed by atoms with van der Waals surface area (Å²) >= 11 is 0. The van der Waals surface area contributed by atoms with Crippen molar-refractivity contribution in [2.45, 2.75) is 0 Å². The molecule has 0 atom stereocenters. The minimum atomic E-state index is -1.09. The van der Waals surface area contributed by atoms with Gasteiger partial charge in [0.2, 0.25) is 0 Å². The molecule has 0 amide bonds. The molecule has 0 spiro atoms. The fraction of sp³-hybridized carbons (Fsp3) is 0. The van der Waals surface area contributed by atoms with E-state index in [9.17, 15) is 4.79 Å². The van der Waals surface area contributed by atoms with Crippen LogP contribution in [0.15, 0.2) is 24.7 Å². The summed E-state index contributed by atoms with van der Waals surface area (Å²) in [6.07, 6.45) is 4.35. The number of aromatic carboxylic acids is 1. The van der Waals surface area contributed by atoms with Crippen LogP contribution in [0.3, 0.4) is 0 Å². The van der Waals surface area contributed by atoms with Crippen molar-refractivity contribution in [1.82, 2.24) is 15.0 Å². The highest BCUT2D eigenvalue weighted by Crippen LogP contribution is 2.10. The van der Waals surface area contributed by atoms with E-state index in [1.165, 1.54) is 18.6 Å². The second-order valence-electron chi connectivity index (χ2n) is 2.39. The monoisotopic (exact) mass is 175 g/mol. The Labute approximate surface area is 73.1 Å². The molecule has 0 unspecified atom stereocenters. The normalized spacial score (nSPS) is 10.2. The topological polar surface area (TPSA) is 76.0 Å². The average molecular weight is 175 g/mol. The summed E-state index contributed by atoms with van der Waals surface area (Å²) < 4.78 is 0. The summed E-state index contributed by atoms with van der Waals surface area (Å²) in [5, 5.41) is 8.75. The van der Waals surface area contributed by atoms with Gasteiger partial charge in [0.1, 0.15) is 5.52 Å². The Bertz CT molecular complexity index is 464. The summed E-state index contributed by atoms with van der Waals surface area (Å²) in [6.45, 7) is 0. The highest BCUT2D eigenvalue weighted by atomic mass is 16.4. The molecule has 5 nitrogen and oxygen atoms in total. The second kappa shape index (κ2) is 2.78. The molecule has 5 heteroatoms. The van der Waals surface area contributed by atoms with Crippen LogP contribution < -0.4 is 0 Å². The largest absolute Gasteiger partial charge is 0.476 e. The Morgan fingerprint density at radius 1 is 1.15 bits per heavy atom. The first-order valence-corrected chi connectivity index (χ1v) is 3.58. The van der Waals surface area contributed by atoms with Gasteiger partial charge >= 0.3 is 5.97 Å². The van der Waals surface area contributed by atoms with Gasteiger partial charge in [-0.25, -0.2) is 9.78 Å². The van der Waals surface area contributed by atoms with Crippen molar-refractivity contribution >= 4 is 17.0 Å². The Hall–Kier alpha value is -2.04. The van der Waals surface area contributed by atoms with Gasteiger partial charge in [0, 0.05) is 18.6 Å². The summed E-state index contributed by atoms with van der Waals surface area (Å²) in [7, 11) is 0. The smallest absolute Gasteiger partial charge is 0.356 e. The third-order valence-electron chi connectivity index (χ3n) is 1.59. The maximum absolute atomic E-state index is 10.7. The molecule has 0 fully saturated rings. The number of rotatable bonds is 1. The number of hydrogen-bond acceptors (Lipinski definition) is 4. The Morgan fingerprint density at radius 2 is 1.92 bits per heavy atom. The number of aromatic nitrogens is 3. The van der Waals surface area contributed by atoms with Gasteiger partial charge in [0.15, 0.2) is 5.69 Å². The molecule has 2 aromatic rings. The standard InChI is InChI=1S/C8H5N3O2/c12-8(13)7-6-5(1-2-10-7)9-3-4-11-6/h1-4H,(H,12,13). The molecule has 0 bridgehead atoms. The number of carbonyl (C=O) groups is 1. The highest BCUT2D eigenvalue weighted by Gasteiger charge is 2.10. The Kier molecular flexibility index (Phi) is 1.63. The molecule has 2 aromatic heterocycles. The van der Waals surface area contributed by atoms with Crippen LogP contribution in [0.1, 0.15) is 10.5 Å². The first-order valence-electron chi connectivity index (χ1n) is 3.58. The Morgan fingerprint density at radius 3 is 2.69 bits per heavy atom. The van der Waals surface area contributed by atoms with Crippen LogP contribution in [0.2, 0.25) is 0 Å². The summed E-state index contributed by atoms with van der Waals surface area (Å²) in [5.41, 5.74) is 0.790. The van der Waals surface area contributed by atoms with E-state index in [0.717, 1.165) is 0 Å². The van der Waals surface area contributed by atoms with Crippen molar-refractivity contribution < 1.29 is 9.90 Å². The average Bonchev–Trinajstić information content (AvgIpc) is 2.17. The Balaban J connectivity index is 2.83. The highest BCUT2D eigenvalue weighted by molar-refractivity contribution is 5.98. The molecular formula is C8H5N3O2. The number of nitrogens with zero attached hydrogens (tertiary/aromatic N) is 3. The van der Waals surface area contributed by atoms with Gasteiger partial charge in [-0.05, 0) is 6.07 Å². The molecule has 0 aromatic carbocycles. The molecule has 0 aliphatic rings. The lowest BCUT2D eigenvalue weighted by Crippen LogP contribution is -2.02. The van der Waals surface area contributed by atoms with E-state index >= 15 is 0 Å². The van der Waals surface area contributed by atoms with Gasteiger partial charge in [0.25, 0.3) is 0 Å². The van der Waals surface area contributed by atoms with E-state index in [-0.39, 0.29) is 5.69 Å². The van der Waals surface area contributed by atoms with E-state index in [0.29, 0.717) is 11.0 Å². The zero-order valence-electron chi connectivity index (χ0n) is 6.51. The third kappa shape index (κ3) is 1.20. The van der Waals surface area contributed by atoms with Crippen molar-refractivity contribution in [3.05, 3.63) is 30.4 Å². The van der Waals surface area contributed by atoms with Crippen molar-refractivity contribution in [2.24, 2.45) is 0 Å². The van der Waals surface area contributed by atoms with E-state index in [1.807, 2.05) is 0 Å². The zero-order valence-corrected chi connectivity index (χ0v) is 6.51. The van der Waals surface area contributed by atoms with E-state index in [1.54, 1.807) is 6.07 Å². The summed E-state index contributed by atoms with van der Waals surface area (Å²) in [4.78, 5) is 22.2. The van der Waals surface area contributed by atoms with Gasteiger partial charge in [0.05, 0.1) is 5.52 Å². The van der Waals surface area contributed by atoms with E-state index in [4.69, 9.17) is 5.11 Å². The maximum Gasteiger partial charge on any atom is 0.356 e. The molecule has 2 heterocycles. The molecule has 2 rings (SSSR count). The van der Waals surface area contributed by atoms with E-state index < -0.39 is 5.97 Å². The molecule has 1 N–H and O–H groups in total. The molecule has 64 valence electrons. The predicted octanol–water partition coefficient (Wildman–Crippen LogP) is 0.723. The fourth-order valence-corrected chi connectivity index (χ4v) is 1.05. The van der Waals surface area contributed by atoms with Crippen molar-refractivity contribution in [3.8, 4) is 0 Å². The van der Waals surface area contributed by atoms with Crippen molar-refractivity contribution in [2.75, 3.05) is 0 Å². The van der Waals surface area contributed by atoms with Crippen LogP contribution in [-0.2, 0) is 0 Å². The van der Waals surface area contributed by atoms with Crippen LogP contribution in [-0.4, -0.2) is 26.0 Å². The lowest BCUT2D eigenvalue weighted by molar-refractivity contribution is 0.0692. The summed E-state index contributed by atoms with van der Waals surface area (Å²) in [6, 6.07) is 1.62.